The van der Waals surface area contributed by atoms with E-state index in [4.69, 9.17) is 4.74 Å². The number of nitrogens with one attached hydrogen (secondary N) is 1. The lowest BCUT2D eigenvalue weighted by molar-refractivity contribution is 0.130. The van der Waals surface area contributed by atoms with E-state index in [0.717, 1.165) is 19.6 Å². The molecule has 84 valence electrons. The highest BCUT2D eigenvalue weighted by Gasteiger charge is 2.41. The summed E-state index contributed by atoms with van der Waals surface area (Å²) in [5.41, 5.74) is 1.30. The fraction of sp³-hybridized carbons (Fsp3) is 0.417. The summed E-state index contributed by atoms with van der Waals surface area (Å²) in [6.07, 6.45) is -0.231. The minimum absolute atomic E-state index is 0.0382. The van der Waals surface area contributed by atoms with Gasteiger partial charge in [0.25, 0.3) is 0 Å². The van der Waals surface area contributed by atoms with Crippen molar-refractivity contribution in [1.29, 1.82) is 0 Å². The molecule has 2 atom stereocenters. The molecular formula is C12H14N2O2. The minimum atomic E-state index is -0.269. The third-order valence-electron chi connectivity index (χ3n) is 3.15. The maximum atomic E-state index is 11.0. The van der Waals surface area contributed by atoms with Crippen molar-refractivity contribution in [2.24, 2.45) is 0 Å². The molecule has 1 aromatic rings. The van der Waals surface area contributed by atoms with Crippen LogP contribution in [0, 0.1) is 0 Å². The summed E-state index contributed by atoms with van der Waals surface area (Å²) in [6, 6.07) is 10.5. The second-order valence-electron chi connectivity index (χ2n) is 4.37. The van der Waals surface area contributed by atoms with Gasteiger partial charge in [0.05, 0.1) is 6.04 Å². The Bertz CT molecular complexity index is 377. The van der Waals surface area contributed by atoms with Crippen LogP contribution in [0.25, 0.3) is 0 Å². The Labute approximate surface area is 94.2 Å². The van der Waals surface area contributed by atoms with E-state index in [0.29, 0.717) is 0 Å². The maximum Gasteiger partial charge on any atom is 0.407 e. The van der Waals surface area contributed by atoms with E-state index in [-0.39, 0.29) is 18.2 Å². The molecule has 0 spiro atoms. The summed E-state index contributed by atoms with van der Waals surface area (Å²) in [5.74, 6) is 0. The van der Waals surface area contributed by atoms with Crippen LogP contribution in [0.1, 0.15) is 5.56 Å². The van der Waals surface area contributed by atoms with Crippen LogP contribution in [0.3, 0.4) is 0 Å². The van der Waals surface area contributed by atoms with Gasteiger partial charge in [-0.05, 0) is 5.56 Å². The van der Waals surface area contributed by atoms with Crippen LogP contribution in [-0.4, -0.2) is 36.2 Å². The first-order valence-corrected chi connectivity index (χ1v) is 5.55. The van der Waals surface area contributed by atoms with Gasteiger partial charge in [0.2, 0.25) is 0 Å². The highest BCUT2D eigenvalue weighted by molar-refractivity contribution is 5.70. The number of carbonyl (C=O) groups is 1. The Hall–Kier alpha value is -1.55. The highest BCUT2D eigenvalue weighted by atomic mass is 16.6. The Morgan fingerprint density at radius 2 is 2.12 bits per heavy atom. The van der Waals surface area contributed by atoms with Gasteiger partial charge in [0.1, 0.15) is 6.10 Å². The topological polar surface area (TPSA) is 41.6 Å². The fourth-order valence-electron chi connectivity index (χ4n) is 2.40. The van der Waals surface area contributed by atoms with Crippen molar-refractivity contribution in [3.63, 3.8) is 0 Å². The van der Waals surface area contributed by atoms with Crippen molar-refractivity contribution in [3.05, 3.63) is 35.9 Å². The van der Waals surface area contributed by atoms with E-state index < -0.39 is 0 Å². The number of hydrogen-bond donors (Lipinski definition) is 1. The molecule has 4 heteroatoms. The van der Waals surface area contributed by atoms with Crippen molar-refractivity contribution in [3.8, 4) is 0 Å². The van der Waals surface area contributed by atoms with Crippen molar-refractivity contribution in [2.45, 2.75) is 18.7 Å². The third kappa shape index (κ3) is 1.76. The standard InChI is InChI=1S/C12H14N2O2/c15-12-13-10-7-14(8-11(10)16-12)6-9-4-2-1-3-5-9/h1-5,10-11H,6-8H2,(H,13,15)/t10-,11-/m1/s1. The number of likely N-dealkylation sites (tertiary alicyclic amines) is 1. The Kier molecular flexibility index (Phi) is 2.29. The lowest BCUT2D eigenvalue weighted by Gasteiger charge is -2.16. The molecule has 4 nitrogen and oxygen atoms in total. The molecule has 0 unspecified atom stereocenters. The molecule has 2 aliphatic heterocycles. The van der Waals surface area contributed by atoms with Crippen LogP contribution in [0.4, 0.5) is 4.79 Å². The van der Waals surface area contributed by atoms with Crippen LogP contribution in [0.15, 0.2) is 30.3 Å². The number of carbonyl (C=O) groups excluding carboxylic acids is 1. The van der Waals surface area contributed by atoms with Gasteiger partial charge in [-0.15, -0.1) is 0 Å². The zero-order valence-corrected chi connectivity index (χ0v) is 8.93. The van der Waals surface area contributed by atoms with Gasteiger partial charge in [-0.3, -0.25) is 4.90 Å². The lowest BCUT2D eigenvalue weighted by Crippen LogP contribution is -2.32. The molecule has 0 bridgehead atoms. The molecule has 2 heterocycles. The molecule has 0 saturated carbocycles. The average Bonchev–Trinajstić information content (AvgIpc) is 2.76. The molecule has 1 amide bonds. The summed E-state index contributed by atoms with van der Waals surface area (Å²) in [5, 5.41) is 2.83. The second-order valence-corrected chi connectivity index (χ2v) is 4.37. The Morgan fingerprint density at radius 1 is 1.31 bits per heavy atom. The van der Waals surface area contributed by atoms with Gasteiger partial charge in [0, 0.05) is 19.6 Å². The van der Waals surface area contributed by atoms with Gasteiger partial charge in [-0.25, -0.2) is 4.79 Å². The first kappa shape index (κ1) is 9.66. The number of alkyl carbamates (subject to hydrolysis) is 1. The van der Waals surface area contributed by atoms with E-state index in [1.807, 2.05) is 18.2 Å². The highest BCUT2D eigenvalue weighted by Crippen LogP contribution is 2.20. The number of benzene rings is 1. The van der Waals surface area contributed by atoms with E-state index in [2.05, 4.69) is 22.3 Å². The van der Waals surface area contributed by atoms with Crippen molar-refractivity contribution < 1.29 is 9.53 Å². The molecule has 1 N–H and O–H groups in total. The number of fused-ring (bicyclic) bond motifs is 1. The Morgan fingerprint density at radius 3 is 2.88 bits per heavy atom. The molecule has 0 radical (unpaired) electrons. The Balaban J connectivity index is 1.62. The van der Waals surface area contributed by atoms with Gasteiger partial charge < -0.3 is 10.1 Å². The molecule has 2 saturated heterocycles. The van der Waals surface area contributed by atoms with E-state index >= 15 is 0 Å². The summed E-state index contributed by atoms with van der Waals surface area (Å²) >= 11 is 0. The average molecular weight is 218 g/mol. The van der Waals surface area contributed by atoms with Gasteiger partial charge in [0.15, 0.2) is 0 Å². The fourth-order valence-corrected chi connectivity index (χ4v) is 2.40. The van der Waals surface area contributed by atoms with Crippen LogP contribution in [0.5, 0.6) is 0 Å². The monoisotopic (exact) mass is 218 g/mol. The second kappa shape index (κ2) is 3.79. The summed E-state index contributed by atoms with van der Waals surface area (Å²) in [4.78, 5) is 13.3. The third-order valence-corrected chi connectivity index (χ3v) is 3.15. The number of amides is 1. The molecule has 16 heavy (non-hydrogen) atoms. The first-order chi connectivity index (χ1) is 7.81. The van der Waals surface area contributed by atoms with E-state index in [1.54, 1.807) is 0 Å². The molecular weight excluding hydrogens is 204 g/mol. The number of hydrogen-bond acceptors (Lipinski definition) is 3. The van der Waals surface area contributed by atoms with Crippen molar-refractivity contribution in [1.82, 2.24) is 10.2 Å². The predicted molar refractivity (Wildman–Crippen MR) is 58.9 cm³/mol. The zero-order chi connectivity index (χ0) is 11.0. The largest absolute Gasteiger partial charge is 0.443 e. The maximum absolute atomic E-state index is 11.0. The van der Waals surface area contributed by atoms with Crippen molar-refractivity contribution >= 4 is 6.09 Å². The van der Waals surface area contributed by atoms with Gasteiger partial charge >= 0.3 is 6.09 Å². The minimum Gasteiger partial charge on any atom is -0.443 e. The van der Waals surface area contributed by atoms with E-state index in [1.165, 1.54) is 5.56 Å². The summed E-state index contributed by atoms with van der Waals surface area (Å²) < 4.78 is 5.16. The molecule has 0 aromatic heterocycles. The number of nitrogens with zero attached hydrogens (tertiary/aromatic N) is 1. The normalized spacial score (nSPS) is 28.6. The first-order valence-electron chi connectivity index (χ1n) is 5.55. The SMILES string of the molecule is O=C1N[C@@H]2CN(Cc3ccccc3)C[C@H]2O1. The molecule has 3 rings (SSSR count). The number of ether oxygens (including phenoxy) is 1. The smallest absolute Gasteiger partial charge is 0.407 e. The molecule has 2 aliphatic rings. The summed E-state index contributed by atoms with van der Waals surface area (Å²) in [7, 11) is 0. The van der Waals surface area contributed by atoms with Gasteiger partial charge in [-0.2, -0.15) is 0 Å². The van der Waals surface area contributed by atoms with Crippen LogP contribution >= 0.6 is 0 Å². The summed E-state index contributed by atoms with van der Waals surface area (Å²) in [6.45, 7) is 2.64. The van der Waals surface area contributed by atoms with Gasteiger partial charge in [-0.1, -0.05) is 30.3 Å². The van der Waals surface area contributed by atoms with Crippen LogP contribution in [-0.2, 0) is 11.3 Å². The number of rotatable bonds is 2. The van der Waals surface area contributed by atoms with Crippen LogP contribution in [0.2, 0.25) is 0 Å². The van der Waals surface area contributed by atoms with Crippen LogP contribution < -0.4 is 5.32 Å². The van der Waals surface area contributed by atoms with Crippen molar-refractivity contribution in [2.75, 3.05) is 13.1 Å². The molecule has 2 fully saturated rings. The van der Waals surface area contributed by atoms with E-state index in [9.17, 15) is 4.79 Å². The molecule has 0 aliphatic carbocycles. The zero-order valence-electron chi connectivity index (χ0n) is 8.93. The predicted octanol–water partition coefficient (Wildman–Crippen LogP) is 0.979. The molecule has 1 aromatic carbocycles. The lowest BCUT2D eigenvalue weighted by atomic mass is 10.2. The quantitative estimate of drug-likeness (QED) is 0.804.